The number of hydrogen-bond donors (Lipinski definition) is 3. The van der Waals surface area contributed by atoms with Crippen LogP contribution >= 0.6 is 0 Å². The van der Waals surface area contributed by atoms with Crippen molar-refractivity contribution in [3.8, 4) is 11.3 Å². The number of likely N-dealkylation sites (N-methyl/N-ethyl adjacent to an activating group) is 1. The lowest BCUT2D eigenvalue weighted by Gasteiger charge is -2.35. The highest BCUT2D eigenvalue weighted by molar-refractivity contribution is 7.90. The number of nitrogens with zero attached hydrogens (tertiary/aromatic N) is 5. The lowest BCUT2D eigenvalue weighted by atomic mass is 9.82. The summed E-state index contributed by atoms with van der Waals surface area (Å²) in [6.45, 7) is 4.54. The predicted molar refractivity (Wildman–Crippen MR) is 180 cm³/mol. The van der Waals surface area contributed by atoms with Gasteiger partial charge in [0.25, 0.3) is 16.1 Å². The first-order valence-corrected chi connectivity index (χ1v) is 16.3. The molecule has 2 unspecified atom stereocenters. The lowest BCUT2D eigenvalue weighted by molar-refractivity contribution is -0.519. The zero-order valence-electron chi connectivity index (χ0n) is 26.3. The number of para-hydroxylation sites is 1. The minimum absolute atomic E-state index is 0.104. The molecule has 0 fully saturated rings. The van der Waals surface area contributed by atoms with Crippen molar-refractivity contribution in [2.45, 2.75) is 36.7 Å². The second-order valence-corrected chi connectivity index (χ2v) is 13.7. The van der Waals surface area contributed by atoms with Gasteiger partial charge in [-0.2, -0.15) is 4.98 Å². The molecule has 12 nitrogen and oxygen atoms in total. The molecule has 6 rings (SSSR count). The van der Waals surface area contributed by atoms with Crippen molar-refractivity contribution in [2.24, 2.45) is 0 Å². The topological polar surface area (TPSA) is 151 Å². The molecule has 46 heavy (non-hydrogen) atoms. The molecule has 0 saturated heterocycles. The first-order valence-electron chi connectivity index (χ1n) is 14.9. The van der Waals surface area contributed by atoms with E-state index < -0.39 is 21.6 Å². The Morgan fingerprint density at radius 3 is 2.54 bits per heavy atom. The number of fused-ring (bicyclic) bond motifs is 2. The quantitative estimate of drug-likeness (QED) is 0.144. The lowest BCUT2D eigenvalue weighted by Crippen LogP contribution is -2.56. The van der Waals surface area contributed by atoms with Crippen LogP contribution in [0.1, 0.15) is 17.5 Å². The van der Waals surface area contributed by atoms with Crippen LogP contribution < -0.4 is 10.6 Å². The van der Waals surface area contributed by atoms with E-state index in [4.69, 9.17) is 4.98 Å². The number of nitrogens with one attached hydrogen (secondary N) is 3. The van der Waals surface area contributed by atoms with Gasteiger partial charge < -0.3 is 20.5 Å². The summed E-state index contributed by atoms with van der Waals surface area (Å²) in [5, 5.41) is 20.1. The molecule has 3 aromatic heterocycles. The number of nitro groups is 1. The third-order valence-electron chi connectivity index (χ3n) is 8.61. The summed E-state index contributed by atoms with van der Waals surface area (Å²) in [4.78, 5) is 27.0. The summed E-state index contributed by atoms with van der Waals surface area (Å²) >= 11 is 0. The Hall–Kier alpha value is -4.85. The average Bonchev–Trinajstić information content (AvgIpc) is 3.66. The second kappa shape index (κ2) is 11.8. The van der Waals surface area contributed by atoms with Crippen LogP contribution in [0.15, 0.2) is 89.7 Å². The third-order valence-corrected chi connectivity index (χ3v) is 10.3. The molecule has 0 aliphatic heterocycles. The molecule has 13 heteroatoms. The molecule has 5 aromatic rings. The molecule has 0 saturated carbocycles. The van der Waals surface area contributed by atoms with Crippen molar-refractivity contribution < 1.29 is 13.3 Å². The van der Waals surface area contributed by atoms with E-state index in [2.05, 4.69) is 20.6 Å². The number of aromatic amines is 1. The molecule has 2 atom stereocenters. The Morgan fingerprint density at radius 2 is 1.85 bits per heavy atom. The van der Waals surface area contributed by atoms with Gasteiger partial charge in [-0.25, -0.2) is 17.4 Å². The molecule has 1 aliphatic rings. The summed E-state index contributed by atoms with van der Waals surface area (Å²) in [5.74, 6) is 0.104. The maximum absolute atomic E-state index is 13.9. The molecule has 238 valence electrons. The van der Waals surface area contributed by atoms with Crippen molar-refractivity contribution in [3.63, 3.8) is 0 Å². The third kappa shape index (κ3) is 5.46. The van der Waals surface area contributed by atoms with Gasteiger partial charge in [0.2, 0.25) is 5.95 Å². The second-order valence-electron chi connectivity index (χ2n) is 11.9. The molecule has 0 spiro atoms. The fourth-order valence-corrected chi connectivity index (χ4v) is 7.24. The van der Waals surface area contributed by atoms with Crippen molar-refractivity contribution in [1.29, 1.82) is 0 Å². The minimum atomic E-state index is -4.02. The van der Waals surface area contributed by atoms with E-state index in [9.17, 15) is 18.5 Å². The summed E-state index contributed by atoms with van der Waals surface area (Å²) in [5.41, 5.74) is 3.93. The number of rotatable bonds is 10. The van der Waals surface area contributed by atoms with Crippen LogP contribution in [-0.2, 0) is 10.0 Å². The Morgan fingerprint density at radius 1 is 1.09 bits per heavy atom. The zero-order chi connectivity index (χ0) is 32.8. The van der Waals surface area contributed by atoms with Crippen molar-refractivity contribution in [2.75, 3.05) is 33.0 Å². The molecule has 0 amide bonds. The maximum atomic E-state index is 13.9. The summed E-state index contributed by atoms with van der Waals surface area (Å²) < 4.78 is 28.9. The smallest absolute Gasteiger partial charge is 0.269 e. The first kappa shape index (κ1) is 31.1. The van der Waals surface area contributed by atoms with Crippen molar-refractivity contribution in [3.05, 3.63) is 106 Å². The average molecular weight is 641 g/mol. The summed E-state index contributed by atoms with van der Waals surface area (Å²) in [7, 11) is 1.56. The normalized spacial score (nSPS) is 18.4. The van der Waals surface area contributed by atoms with Crippen LogP contribution in [0.25, 0.3) is 33.2 Å². The number of aryl methyl sites for hydroxylation is 2. The van der Waals surface area contributed by atoms with Gasteiger partial charge in [-0.05, 0) is 77.8 Å². The van der Waals surface area contributed by atoms with E-state index in [1.807, 2.05) is 57.2 Å². The van der Waals surface area contributed by atoms with E-state index in [-0.39, 0.29) is 21.4 Å². The number of hydrogen-bond acceptors (Lipinski definition) is 9. The highest BCUT2D eigenvalue weighted by atomic mass is 32.2. The number of benzene rings is 2. The van der Waals surface area contributed by atoms with Crippen LogP contribution in [-0.4, -0.2) is 76.4 Å². The van der Waals surface area contributed by atoms with E-state index in [1.165, 1.54) is 6.20 Å². The number of allylic oxidation sites excluding steroid dienone is 1. The molecule has 0 bridgehead atoms. The van der Waals surface area contributed by atoms with Gasteiger partial charge in [-0.3, -0.25) is 10.1 Å². The fraction of sp³-hybridized carbons (Fsp3) is 0.273. The van der Waals surface area contributed by atoms with Gasteiger partial charge in [-0.1, -0.05) is 42.0 Å². The van der Waals surface area contributed by atoms with Gasteiger partial charge in [0.1, 0.15) is 5.54 Å². The molecule has 0 radical (unpaired) electrons. The largest absolute Gasteiger partial charge is 0.360 e. The van der Waals surface area contributed by atoms with Crippen LogP contribution in [0.2, 0.25) is 0 Å². The van der Waals surface area contributed by atoms with Crippen LogP contribution in [0.5, 0.6) is 0 Å². The molecule has 3 N–H and O–H groups in total. The molecule has 1 aliphatic carbocycles. The van der Waals surface area contributed by atoms with Crippen molar-refractivity contribution >= 4 is 37.9 Å². The summed E-state index contributed by atoms with van der Waals surface area (Å²) in [6.07, 6.45) is 8.98. The minimum Gasteiger partial charge on any atom is -0.360 e. The molecular formula is C33H36N8O4S. The van der Waals surface area contributed by atoms with Gasteiger partial charge in [0.05, 0.1) is 10.6 Å². The fourth-order valence-electron chi connectivity index (χ4n) is 5.94. The Balaban J connectivity index is 1.50. The van der Waals surface area contributed by atoms with E-state index in [0.717, 1.165) is 31.6 Å². The van der Waals surface area contributed by atoms with E-state index in [0.29, 0.717) is 29.7 Å². The monoisotopic (exact) mass is 640 g/mol. The molecule has 2 aromatic carbocycles. The number of H-pyrrole nitrogens is 1. The highest BCUT2D eigenvalue weighted by Crippen LogP contribution is 2.36. The van der Waals surface area contributed by atoms with Gasteiger partial charge >= 0.3 is 0 Å². The van der Waals surface area contributed by atoms with Gasteiger partial charge in [0, 0.05) is 50.9 Å². The van der Waals surface area contributed by atoms with Gasteiger partial charge in [-0.15, -0.1) is 0 Å². The highest BCUT2D eigenvalue weighted by Gasteiger charge is 2.44. The van der Waals surface area contributed by atoms with Crippen LogP contribution in [0.3, 0.4) is 0 Å². The Labute approximate surface area is 267 Å². The van der Waals surface area contributed by atoms with E-state index >= 15 is 0 Å². The van der Waals surface area contributed by atoms with Gasteiger partial charge in [0.15, 0.2) is 5.65 Å². The standard InChI is InChI=1S/C33H36N8O4S/c1-21-9-11-24(12-10-21)46(44,45)40-17-14-26-30(27-20-35-29-22(2)7-6-8-25(27)29)37-32(38-31(26)40)36-23-13-15-33(34-3,16-18-39(4)5)28(19-23)41(42)43/h6-15,17,19-20,28,34-35H,16,18H2,1-5H3,(H,36,37,38). The van der Waals surface area contributed by atoms with Crippen molar-refractivity contribution in [1.82, 2.24) is 29.1 Å². The number of anilines is 1. The Bertz CT molecular complexity index is 2130. The first-order chi connectivity index (χ1) is 21.9. The maximum Gasteiger partial charge on any atom is 0.269 e. The predicted octanol–water partition coefficient (Wildman–Crippen LogP) is 4.85. The summed E-state index contributed by atoms with van der Waals surface area (Å²) in [6, 6.07) is 13.2. The Kier molecular flexibility index (Phi) is 8.00. The van der Waals surface area contributed by atoms with E-state index in [1.54, 1.807) is 55.6 Å². The van der Waals surface area contributed by atoms with Crippen LogP contribution in [0, 0.1) is 24.0 Å². The van der Waals surface area contributed by atoms with Crippen LogP contribution in [0.4, 0.5) is 5.95 Å². The molecular weight excluding hydrogens is 604 g/mol. The molecule has 3 heterocycles. The zero-order valence-corrected chi connectivity index (χ0v) is 27.1. The SMILES string of the molecule is CNC1(CCN(C)C)C=CC(Nc2nc(-c3c[nH]c4c(C)cccc34)c3ccn(S(=O)(=O)c4ccc(C)cc4)c3n2)=CC1[N+](=O)[O-]. The number of aromatic nitrogens is 4.